The van der Waals surface area contributed by atoms with Crippen LogP contribution in [0.2, 0.25) is 0 Å². The second-order valence-corrected chi connectivity index (χ2v) is 4.19. The minimum atomic E-state index is -0.383. The van der Waals surface area contributed by atoms with Crippen molar-refractivity contribution in [3.63, 3.8) is 0 Å². The number of hydrogen-bond acceptors (Lipinski definition) is 5. The Labute approximate surface area is 112 Å². The van der Waals surface area contributed by atoms with Crippen molar-refractivity contribution >= 4 is 11.9 Å². The quantitative estimate of drug-likeness (QED) is 0.743. The summed E-state index contributed by atoms with van der Waals surface area (Å²) < 4.78 is 9.72. The topological polar surface area (TPSA) is 68.7 Å². The molecule has 1 unspecified atom stereocenters. The van der Waals surface area contributed by atoms with E-state index in [1.54, 1.807) is 20.0 Å². The summed E-state index contributed by atoms with van der Waals surface area (Å²) in [7, 11) is 4.43. The summed E-state index contributed by atoms with van der Waals surface area (Å²) in [5.41, 5.74) is 0.414. The predicted molar refractivity (Wildman–Crippen MR) is 68.9 cm³/mol. The van der Waals surface area contributed by atoms with Crippen molar-refractivity contribution in [3.8, 4) is 5.75 Å². The number of carbonyl (C=O) groups excluding carboxylic acids is 2. The van der Waals surface area contributed by atoms with Crippen molar-refractivity contribution in [3.05, 3.63) is 24.0 Å². The van der Waals surface area contributed by atoms with Crippen LogP contribution in [0.4, 0.5) is 0 Å². The fraction of sp³-hybridized carbons (Fsp3) is 0.462. The van der Waals surface area contributed by atoms with Crippen LogP contribution in [0.3, 0.4) is 0 Å². The lowest BCUT2D eigenvalue weighted by Gasteiger charge is -2.21. The van der Waals surface area contributed by atoms with E-state index in [1.165, 1.54) is 31.5 Å². The summed E-state index contributed by atoms with van der Waals surface area (Å²) in [5.74, 6) is -0.548. The Bertz CT molecular complexity index is 462. The van der Waals surface area contributed by atoms with Gasteiger partial charge in [0.25, 0.3) is 5.91 Å². The van der Waals surface area contributed by atoms with Crippen LogP contribution >= 0.6 is 0 Å². The molecule has 1 atom stereocenters. The van der Waals surface area contributed by atoms with Crippen LogP contribution in [-0.2, 0) is 9.53 Å². The Morgan fingerprint density at radius 2 is 2.11 bits per heavy atom. The van der Waals surface area contributed by atoms with Crippen molar-refractivity contribution in [1.29, 1.82) is 0 Å². The summed E-state index contributed by atoms with van der Waals surface area (Å²) in [6.45, 7) is 1.98. The lowest BCUT2D eigenvalue weighted by atomic mass is 10.1. The molecule has 0 saturated heterocycles. The van der Waals surface area contributed by atoms with Crippen molar-refractivity contribution in [1.82, 2.24) is 9.88 Å². The summed E-state index contributed by atoms with van der Waals surface area (Å²) >= 11 is 0. The fourth-order valence-corrected chi connectivity index (χ4v) is 1.69. The SMILES string of the molecule is COC(=O)C(C)CN(C)C(=O)c1ccncc1OC. The third kappa shape index (κ3) is 3.67. The third-order valence-electron chi connectivity index (χ3n) is 2.73. The molecule has 0 fully saturated rings. The maximum Gasteiger partial charge on any atom is 0.310 e. The smallest absolute Gasteiger partial charge is 0.310 e. The number of hydrogen-bond donors (Lipinski definition) is 0. The number of aromatic nitrogens is 1. The number of amides is 1. The van der Waals surface area contributed by atoms with Crippen molar-refractivity contribution in [2.45, 2.75) is 6.92 Å². The van der Waals surface area contributed by atoms with E-state index in [2.05, 4.69) is 9.72 Å². The summed E-state index contributed by atoms with van der Waals surface area (Å²) in [4.78, 5) is 28.9. The molecular formula is C13H18N2O4. The van der Waals surface area contributed by atoms with Crippen LogP contribution in [0.15, 0.2) is 18.5 Å². The minimum Gasteiger partial charge on any atom is -0.494 e. The van der Waals surface area contributed by atoms with Gasteiger partial charge in [0.2, 0.25) is 0 Å². The molecule has 1 rings (SSSR count). The summed E-state index contributed by atoms with van der Waals surface area (Å²) in [5, 5.41) is 0. The molecule has 0 radical (unpaired) electrons. The van der Waals surface area contributed by atoms with E-state index >= 15 is 0 Å². The highest BCUT2D eigenvalue weighted by Gasteiger charge is 2.21. The van der Waals surface area contributed by atoms with Gasteiger partial charge < -0.3 is 14.4 Å². The molecule has 1 aromatic rings. The maximum atomic E-state index is 12.2. The van der Waals surface area contributed by atoms with Gasteiger partial charge >= 0.3 is 5.97 Å². The Balaban J connectivity index is 2.79. The first-order valence-electron chi connectivity index (χ1n) is 5.82. The van der Waals surface area contributed by atoms with Gasteiger partial charge in [-0.25, -0.2) is 0 Å². The van der Waals surface area contributed by atoms with Gasteiger partial charge in [-0.3, -0.25) is 14.6 Å². The van der Waals surface area contributed by atoms with Gasteiger partial charge in [-0.1, -0.05) is 6.92 Å². The van der Waals surface area contributed by atoms with E-state index in [1.807, 2.05) is 0 Å². The van der Waals surface area contributed by atoms with Crippen LogP contribution in [0.1, 0.15) is 17.3 Å². The van der Waals surface area contributed by atoms with Gasteiger partial charge in [0.1, 0.15) is 5.75 Å². The number of nitrogens with zero attached hydrogens (tertiary/aromatic N) is 2. The predicted octanol–water partition coefficient (Wildman–Crippen LogP) is 0.971. The molecule has 1 aromatic heterocycles. The molecule has 0 aliphatic carbocycles. The number of carbonyl (C=O) groups is 2. The number of ether oxygens (including phenoxy) is 2. The van der Waals surface area contributed by atoms with E-state index in [0.717, 1.165) is 0 Å². The highest BCUT2D eigenvalue weighted by Crippen LogP contribution is 2.18. The molecule has 0 spiro atoms. The van der Waals surface area contributed by atoms with Gasteiger partial charge in [-0.2, -0.15) is 0 Å². The zero-order chi connectivity index (χ0) is 14.4. The molecule has 0 saturated carbocycles. The van der Waals surface area contributed by atoms with Gasteiger partial charge in [0.05, 0.1) is 31.9 Å². The molecule has 6 nitrogen and oxygen atoms in total. The van der Waals surface area contributed by atoms with Gasteiger partial charge in [-0.05, 0) is 6.07 Å². The molecule has 1 heterocycles. The van der Waals surface area contributed by atoms with Crippen molar-refractivity contribution < 1.29 is 19.1 Å². The van der Waals surface area contributed by atoms with Crippen LogP contribution in [0, 0.1) is 5.92 Å². The zero-order valence-electron chi connectivity index (χ0n) is 11.5. The number of rotatable bonds is 5. The zero-order valence-corrected chi connectivity index (χ0v) is 11.5. The van der Waals surface area contributed by atoms with Gasteiger partial charge in [0, 0.05) is 19.8 Å². The van der Waals surface area contributed by atoms with Crippen molar-refractivity contribution in [2.75, 3.05) is 27.8 Å². The fourth-order valence-electron chi connectivity index (χ4n) is 1.69. The number of esters is 1. The molecule has 1 amide bonds. The highest BCUT2D eigenvalue weighted by atomic mass is 16.5. The van der Waals surface area contributed by atoms with Gasteiger partial charge in [-0.15, -0.1) is 0 Å². The van der Waals surface area contributed by atoms with E-state index in [-0.39, 0.29) is 24.3 Å². The van der Waals surface area contributed by atoms with Crippen LogP contribution < -0.4 is 4.74 Å². The minimum absolute atomic E-state index is 0.227. The van der Waals surface area contributed by atoms with Crippen LogP contribution in [0.5, 0.6) is 5.75 Å². The molecule has 0 N–H and O–H groups in total. The Morgan fingerprint density at radius 3 is 2.68 bits per heavy atom. The van der Waals surface area contributed by atoms with E-state index in [4.69, 9.17) is 4.74 Å². The van der Waals surface area contributed by atoms with E-state index < -0.39 is 0 Å². The second kappa shape index (κ2) is 6.72. The summed E-state index contributed by atoms with van der Waals surface area (Å²) in [6, 6.07) is 1.58. The number of methoxy groups -OCH3 is 2. The average molecular weight is 266 g/mol. The molecular weight excluding hydrogens is 248 g/mol. The molecule has 19 heavy (non-hydrogen) atoms. The molecule has 0 bridgehead atoms. The average Bonchev–Trinajstić information content (AvgIpc) is 2.45. The lowest BCUT2D eigenvalue weighted by molar-refractivity contribution is -0.145. The first kappa shape index (κ1) is 14.9. The first-order valence-corrected chi connectivity index (χ1v) is 5.82. The normalized spacial score (nSPS) is 11.6. The van der Waals surface area contributed by atoms with Gasteiger partial charge in [0.15, 0.2) is 0 Å². The summed E-state index contributed by atoms with van der Waals surface area (Å²) in [6.07, 6.45) is 3.00. The second-order valence-electron chi connectivity index (χ2n) is 4.19. The van der Waals surface area contributed by atoms with Crippen LogP contribution in [-0.4, -0.2) is 49.6 Å². The monoisotopic (exact) mass is 266 g/mol. The maximum absolute atomic E-state index is 12.2. The Morgan fingerprint density at radius 1 is 1.42 bits per heavy atom. The molecule has 104 valence electrons. The molecule has 0 aromatic carbocycles. The number of pyridine rings is 1. The Hall–Kier alpha value is -2.11. The largest absolute Gasteiger partial charge is 0.494 e. The molecule has 6 heteroatoms. The molecule has 0 aliphatic heterocycles. The molecule has 0 aliphatic rings. The highest BCUT2D eigenvalue weighted by molar-refractivity contribution is 5.96. The van der Waals surface area contributed by atoms with E-state index in [0.29, 0.717) is 11.3 Å². The lowest BCUT2D eigenvalue weighted by Crippen LogP contribution is -2.34. The first-order chi connectivity index (χ1) is 9.01. The van der Waals surface area contributed by atoms with Crippen LogP contribution in [0.25, 0.3) is 0 Å². The standard InChI is InChI=1S/C13H18N2O4/c1-9(13(17)19-4)8-15(2)12(16)10-5-6-14-7-11(10)18-3/h5-7,9H,8H2,1-4H3. The van der Waals surface area contributed by atoms with Crippen molar-refractivity contribution in [2.24, 2.45) is 5.92 Å². The third-order valence-corrected chi connectivity index (χ3v) is 2.73. The van der Waals surface area contributed by atoms with E-state index in [9.17, 15) is 9.59 Å². The Kier molecular flexibility index (Phi) is 5.29.